The Labute approximate surface area is 99.8 Å². The first-order chi connectivity index (χ1) is 8.19. The summed E-state index contributed by atoms with van der Waals surface area (Å²) >= 11 is 0. The second kappa shape index (κ2) is 6.48. The topological polar surface area (TPSA) is 52.6 Å². The monoisotopic (exact) mass is 234 g/mol. The summed E-state index contributed by atoms with van der Waals surface area (Å²) in [5.41, 5.74) is 0.798. The maximum atomic E-state index is 11.4. The lowest BCUT2D eigenvalue weighted by Crippen LogP contribution is -2.07. The van der Waals surface area contributed by atoms with Crippen LogP contribution in [0.2, 0.25) is 0 Å². The summed E-state index contributed by atoms with van der Waals surface area (Å²) in [6.07, 6.45) is 1.49. The van der Waals surface area contributed by atoms with E-state index in [0.29, 0.717) is 17.7 Å². The van der Waals surface area contributed by atoms with Gasteiger partial charge in [0.1, 0.15) is 6.61 Å². The van der Waals surface area contributed by atoms with E-state index in [1.165, 1.54) is 30.3 Å². The van der Waals surface area contributed by atoms with Gasteiger partial charge in [0, 0.05) is 0 Å². The van der Waals surface area contributed by atoms with Crippen LogP contribution in [0.25, 0.3) is 0 Å². The van der Waals surface area contributed by atoms with E-state index in [-0.39, 0.29) is 6.61 Å². The van der Waals surface area contributed by atoms with Crippen LogP contribution in [-0.4, -0.2) is 25.2 Å². The van der Waals surface area contributed by atoms with Crippen molar-refractivity contribution in [3.05, 3.63) is 48.0 Å². The number of rotatable bonds is 5. The maximum absolute atomic E-state index is 11.4. The van der Waals surface area contributed by atoms with Crippen LogP contribution in [0.3, 0.4) is 0 Å². The molecule has 0 N–H and O–H groups in total. The third-order valence-electron chi connectivity index (χ3n) is 1.96. The van der Waals surface area contributed by atoms with Crippen molar-refractivity contribution in [1.29, 1.82) is 0 Å². The van der Waals surface area contributed by atoms with E-state index < -0.39 is 11.9 Å². The van der Waals surface area contributed by atoms with Gasteiger partial charge in [0.2, 0.25) is 0 Å². The third-order valence-corrected chi connectivity index (χ3v) is 1.96. The zero-order chi connectivity index (χ0) is 12.7. The molecule has 0 bridgehead atoms. The lowest BCUT2D eigenvalue weighted by atomic mass is 10.1. The minimum Gasteiger partial charge on any atom is -0.462 e. The van der Waals surface area contributed by atoms with Crippen LogP contribution < -0.4 is 0 Å². The summed E-state index contributed by atoms with van der Waals surface area (Å²) in [6, 6.07) is 6.11. The second-order valence-electron chi connectivity index (χ2n) is 3.18. The Bertz CT molecular complexity index is 406. The number of ether oxygens (including phenoxy) is 2. The molecular weight excluding hydrogens is 220 g/mol. The second-order valence-corrected chi connectivity index (χ2v) is 3.18. The van der Waals surface area contributed by atoms with E-state index in [4.69, 9.17) is 9.47 Å². The average Bonchev–Trinajstić information content (AvgIpc) is 2.36. The molecule has 90 valence electrons. The van der Waals surface area contributed by atoms with Crippen LogP contribution in [0.15, 0.2) is 36.9 Å². The number of esters is 2. The van der Waals surface area contributed by atoms with E-state index in [2.05, 4.69) is 6.58 Å². The fraction of sp³-hybridized carbons (Fsp3) is 0.231. The number of carbonyl (C=O) groups excluding carboxylic acids is 2. The minimum atomic E-state index is -0.444. The highest BCUT2D eigenvalue weighted by Gasteiger charge is 2.09. The molecule has 0 atom stereocenters. The van der Waals surface area contributed by atoms with E-state index >= 15 is 0 Å². The summed E-state index contributed by atoms with van der Waals surface area (Å²) in [4.78, 5) is 22.8. The highest BCUT2D eigenvalue weighted by atomic mass is 16.5. The van der Waals surface area contributed by atoms with Gasteiger partial charge in [-0.1, -0.05) is 12.7 Å². The molecule has 4 nitrogen and oxygen atoms in total. The summed E-state index contributed by atoms with van der Waals surface area (Å²) in [6.45, 7) is 5.67. The molecule has 0 amide bonds. The molecule has 0 aromatic heterocycles. The molecule has 0 aliphatic rings. The van der Waals surface area contributed by atoms with E-state index in [1.54, 1.807) is 6.92 Å². The molecule has 0 fully saturated rings. The lowest BCUT2D eigenvalue weighted by molar-refractivity contribution is 0.0519. The summed E-state index contributed by atoms with van der Waals surface area (Å²) in [7, 11) is 0. The first kappa shape index (κ1) is 13.0. The third kappa shape index (κ3) is 3.75. The minimum absolute atomic E-state index is 0.165. The molecule has 4 heteroatoms. The standard InChI is InChI=1S/C13H14O4/c1-3-9-17-13(15)11-7-5-10(6-8-11)12(14)16-4-2/h3,5-8H,1,4,9H2,2H3. The van der Waals surface area contributed by atoms with Crippen molar-refractivity contribution in [3.8, 4) is 0 Å². The van der Waals surface area contributed by atoms with Crippen LogP contribution in [-0.2, 0) is 9.47 Å². The lowest BCUT2D eigenvalue weighted by Gasteiger charge is -2.04. The number of carbonyl (C=O) groups is 2. The molecule has 0 saturated carbocycles. The summed E-state index contributed by atoms with van der Waals surface area (Å²) < 4.78 is 9.68. The van der Waals surface area contributed by atoms with Gasteiger partial charge in [-0.25, -0.2) is 9.59 Å². The van der Waals surface area contributed by atoms with Gasteiger partial charge < -0.3 is 9.47 Å². The van der Waals surface area contributed by atoms with Gasteiger partial charge in [0.25, 0.3) is 0 Å². The van der Waals surface area contributed by atoms with E-state index in [1.807, 2.05) is 0 Å². The summed E-state index contributed by atoms with van der Waals surface area (Å²) in [5.74, 6) is -0.848. The molecule has 0 unspecified atom stereocenters. The van der Waals surface area contributed by atoms with Crippen LogP contribution >= 0.6 is 0 Å². The fourth-order valence-corrected chi connectivity index (χ4v) is 1.17. The maximum Gasteiger partial charge on any atom is 0.338 e. The van der Waals surface area contributed by atoms with Gasteiger partial charge in [-0.15, -0.1) is 0 Å². The summed E-state index contributed by atoms with van der Waals surface area (Å²) in [5, 5.41) is 0. The first-order valence-corrected chi connectivity index (χ1v) is 5.24. The van der Waals surface area contributed by atoms with Crippen LogP contribution in [0.1, 0.15) is 27.6 Å². The Morgan fingerprint density at radius 3 is 2.00 bits per heavy atom. The van der Waals surface area contributed by atoms with Crippen LogP contribution in [0.4, 0.5) is 0 Å². The molecular formula is C13H14O4. The molecule has 0 heterocycles. The van der Waals surface area contributed by atoms with Gasteiger partial charge >= 0.3 is 11.9 Å². The molecule has 0 saturated heterocycles. The van der Waals surface area contributed by atoms with Crippen molar-refractivity contribution in [2.75, 3.05) is 13.2 Å². The molecule has 1 aromatic rings. The number of hydrogen-bond acceptors (Lipinski definition) is 4. The average molecular weight is 234 g/mol. The van der Waals surface area contributed by atoms with Gasteiger partial charge in [0.05, 0.1) is 17.7 Å². The van der Waals surface area contributed by atoms with Crippen molar-refractivity contribution in [2.45, 2.75) is 6.92 Å². The number of hydrogen-bond donors (Lipinski definition) is 0. The van der Waals surface area contributed by atoms with Crippen molar-refractivity contribution >= 4 is 11.9 Å². The highest BCUT2D eigenvalue weighted by Crippen LogP contribution is 2.07. The smallest absolute Gasteiger partial charge is 0.338 e. The quantitative estimate of drug-likeness (QED) is 0.579. The molecule has 1 aromatic carbocycles. The predicted molar refractivity (Wildman–Crippen MR) is 62.9 cm³/mol. The van der Waals surface area contributed by atoms with Crippen LogP contribution in [0, 0.1) is 0 Å². The van der Waals surface area contributed by atoms with Gasteiger partial charge in [-0.3, -0.25) is 0 Å². The Balaban J connectivity index is 2.70. The first-order valence-electron chi connectivity index (χ1n) is 5.24. The highest BCUT2D eigenvalue weighted by molar-refractivity contribution is 5.93. The molecule has 0 aliphatic carbocycles. The Hall–Kier alpha value is -2.10. The van der Waals surface area contributed by atoms with E-state index in [9.17, 15) is 9.59 Å². The van der Waals surface area contributed by atoms with Gasteiger partial charge in [-0.05, 0) is 31.2 Å². The Kier molecular flexibility index (Phi) is 4.94. The molecule has 17 heavy (non-hydrogen) atoms. The van der Waals surface area contributed by atoms with Crippen LogP contribution in [0.5, 0.6) is 0 Å². The zero-order valence-corrected chi connectivity index (χ0v) is 9.64. The zero-order valence-electron chi connectivity index (χ0n) is 9.64. The predicted octanol–water partition coefficient (Wildman–Crippen LogP) is 2.21. The van der Waals surface area contributed by atoms with Crippen molar-refractivity contribution < 1.29 is 19.1 Å². The van der Waals surface area contributed by atoms with Crippen molar-refractivity contribution in [1.82, 2.24) is 0 Å². The normalized spacial score (nSPS) is 9.47. The molecule has 0 spiro atoms. The molecule has 0 radical (unpaired) electrons. The van der Waals surface area contributed by atoms with Gasteiger partial charge in [0.15, 0.2) is 0 Å². The number of benzene rings is 1. The van der Waals surface area contributed by atoms with Crippen molar-refractivity contribution in [3.63, 3.8) is 0 Å². The van der Waals surface area contributed by atoms with Crippen molar-refractivity contribution in [2.24, 2.45) is 0 Å². The van der Waals surface area contributed by atoms with Gasteiger partial charge in [-0.2, -0.15) is 0 Å². The SMILES string of the molecule is C=CCOC(=O)c1ccc(C(=O)OCC)cc1. The Morgan fingerprint density at radius 1 is 1.12 bits per heavy atom. The molecule has 0 aliphatic heterocycles. The fourth-order valence-electron chi connectivity index (χ4n) is 1.17. The van der Waals surface area contributed by atoms with E-state index in [0.717, 1.165) is 0 Å². The molecule has 1 rings (SSSR count). The largest absolute Gasteiger partial charge is 0.462 e. The Morgan fingerprint density at radius 2 is 1.59 bits per heavy atom.